The van der Waals surface area contributed by atoms with E-state index in [-0.39, 0.29) is 0 Å². The molecule has 98 valence electrons. The molecule has 0 aromatic rings. The van der Waals surface area contributed by atoms with Crippen LogP contribution in [0.1, 0.15) is 71.1 Å². The largest absolute Gasteiger partial charge is 0.481 e. The molecule has 16 heavy (non-hydrogen) atoms. The lowest BCUT2D eigenvalue weighted by atomic mass is 10.1. The third-order valence-electron chi connectivity index (χ3n) is 2.49. The van der Waals surface area contributed by atoms with Crippen molar-refractivity contribution in [3.05, 3.63) is 0 Å². The second-order valence-corrected chi connectivity index (χ2v) is 3.97. The summed E-state index contributed by atoms with van der Waals surface area (Å²) in [6, 6.07) is 0. The minimum Gasteiger partial charge on any atom is -0.481 e. The van der Waals surface area contributed by atoms with Crippen LogP contribution in [0.2, 0.25) is 0 Å². The Morgan fingerprint density at radius 1 is 0.812 bits per heavy atom. The predicted molar refractivity (Wildman–Crippen MR) is 67.6 cm³/mol. The van der Waals surface area contributed by atoms with Crippen LogP contribution >= 0.6 is 0 Å². The van der Waals surface area contributed by atoms with Gasteiger partial charge in [-0.3, -0.25) is 4.79 Å². The van der Waals surface area contributed by atoms with Crippen molar-refractivity contribution in [3.63, 3.8) is 0 Å². The molecule has 0 saturated carbocycles. The summed E-state index contributed by atoms with van der Waals surface area (Å²) < 4.78 is 0. The number of unbranched alkanes of at least 4 members (excludes halogenated alkanes) is 8. The average molecular weight is 232 g/mol. The molecule has 0 amide bonds. The number of aliphatic hydroxyl groups excluding tert-OH is 1. The van der Waals surface area contributed by atoms with Crippen molar-refractivity contribution in [2.75, 3.05) is 7.11 Å². The van der Waals surface area contributed by atoms with Crippen molar-refractivity contribution in [1.82, 2.24) is 0 Å². The molecule has 0 saturated heterocycles. The van der Waals surface area contributed by atoms with E-state index in [1.54, 1.807) is 0 Å². The summed E-state index contributed by atoms with van der Waals surface area (Å²) in [4.78, 5) is 10.2. The second-order valence-electron chi connectivity index (χ2n) is 3.97. The van der Waals surface area contributed by atoms with E-state index < -0.39 is 5.97 Å². The number of hydrogen-bond donors (Lipinski definition) is 2. The zero-order chi connectivity index (χ0) is 12.6. The van der Waals surface area contributed by atoms with Crippen LogP contribution in [0.4, 0.5) is 0 Å². The minimum atomic E-state index is -0.659. The van der Waals surface area contributed by atoms with Crippen LogP contribution in [0.25, 0.3) is 0 Å². The van der Waals surface area contributed by atoms with Crippen LogP contribution in [0.3, 0.4) is 0 Å². The van der Waals surface area contributed by atoms with Crippen molar-refractivity contribution < 1.29 is 15.0 Å². The summed E-state index contributed by atoms with van der Waals surface area (Å²) in [7, 11) is 1.00. The van der Waals surface area contributed by atoms with Crippen LogP contribution in [-0.4, -0.2) is 23.3 Å². The first-order valence-electron chi connectivity index (χ1n) is 6.44. The van der Waals surface area contributed by atoms with Gasteiger partial charge in [0.15, 0.2) is 0 Å². The maximum atomic E-state index is 10.2. The number of hydrogen-bond acceptors (Lipinski definition) is 2. The molecule has 0 spiro atoms. The summed E-state index contributed by atoms with van der Waals surface area (Å²) >= 11 is 0. The fourth-order valence-corrected chi connectivity index (χ4v) is 1.59. The summed E-state index contributed by atoms with van der Waals surface area (Å²) in [5.41, 5.74) is 0. The molecule has 3 nitrogen and oxygen atoms in total. The van der Waals surface area contributed by atoms with E-state index in [0.717, 1.165) is 20.0 Å². The lowest BCUT2D eigenvalue weighted by molar-refractivity contribution is -0.137. The highest BCUT2D eigenvalue weighted by Gasteiger charge is 1.96. The Morgan fingerprint density at radius 2 is 1.19 bits per heavy atom. The summed E-state index contributed by atoms with van der Waals surface area (Å²) in [5, 5.41) is 15.4. The minimum absolute atomic E-state index is 0.343. The number of carboxylic acid groups (broad SMARTS) is 1. The van der Waals surface area contributed by atoms with Gasteiger partial charge in [0.25, 0.3) is 0 Å². The quantitative estimate of drug-likeness (QED) is 0.566. The molecule has 2 N–H and O–H groups in total. The van der Waals surface area contributed by atoms with Gasteiger partial charge in [-0.15, -0.1) is 0 Å². The Morgan fingerprint density at radius 3 is 1.56 bits per heavy atom. The molecule has 0 heterocycles. The monoisotopic (exact) mass is 232 g/mol. The van der Waals surface area contributed by atoms with E-state index in [1.165, 1.54) is 44.9 Å². The highest BCUT2D eigenvalue weighted by Crippen LogP contribution is 2.10. The van der Waals surface area contributed by atoms with E-state index in [4.69, 9.17) is 10.2 Å². The van der Waals surface area contributed by atoms with E-state index in [1.807, 2.05) is 0 Å². The van der Waals surface area contributed by atoms with E-state index >= 15 is 0 Å². The van der Waals surface area contributed by atoms with Gasteiger partial charge < -0.3 is 10.2 Å². The lowest BCUT2D eigenvalue weighted by Gasteiger charge is -2.00. The first-order valence-corrected chi connectivity index (χ1v) is 6.44. The zero-order valence-corrected chi connectivity index (χ0v) is 10.9. The van der Waals surface area contributed by atoms with Gasteiger partial charge in [-0.2, -0.15) is 0 Å². The number of aliphatic carboxylic acids is 1. The smallest absolute Gasteiger partial charge is 0.303 e. The fourth-order valence-electron chi connectivity index (χ4n) is 1.59. The topological polar surface area (TPSA) is 57.5 Å². The first kappa shape index (κ1) is 17.8. The standard InChI is InChI=1S/C12H24O2.CH4O/c1-2-3-4-5-6-7-8-9-10-11-12(13)14;1-2/h2-11H2,1H3,(H,13,14);2H,1H3. The normalized spacial score (nSPS) is 9.44. The molecule has 0 bridgehead atoms. The summed E-state index contributed by atoms with van der Waals surface area (Å²) in [5.74, 6) is -0.659. The molecule has 0 aliphatic rings. The molecule has 3 heteroatoms. The summed E-state index contributed by atoms with van der Waals surface area (Å²) in [6.45, 7) is 2.23. The molecule has 0 aromatic heterocycles. The van der Waals surface area contributed by atoms with Crippen LogP contribution in [0.5, 0.6) is 0 Å². The van der Waals surface area contributed by atoms with Crippen LogP contribution in [0.15, 0.2) is 0 Å². The third-order valence-corrected chi connectivity index (χ3v) is 2.49. The second kappa shape index (κ2) is 16.8. The maximum Gasteiger partial charge on any atom is 0.303 e. The molecule has 0 aliphatic carbocycles. The molecule has 0 rings (SSSR count). The van der Waals surface area contributed by atoms with Crippen LogP contribution in [0, 0.1) is 0 Å². The third kappa shape index (κ3) is 19.1. The molecule has 0 fully saturated rings. The van der Waals surface area contributed by atoms with Gasteiger partial charge in [0.1, 0.15) is 0 Å². The van der Waals surface area contributed by atoms with Gasteiger partial charge in [-0.05, 0) is 6.42 Å². The van der Waals surface area contributed by atoms with Crippen molar-refractivity contribution in [3.8, 4) is 0 Å². The van der Waals surface area contributed by atoms with E-state index in [0.29, 0.717) is 6.42 Å². The Bertz CT molecular complexity index is 135. The average Bonchev–Trinajstić information content (AvgIpc) is 2.29. The SMILES string of the molecule is CCCCCCCCCCCC(=O)O.CO. The molecule has 0 unspecified atom stereocenters. The van der Waals surface area contributed by atoms with E-state index in [2.05, 4.69) is 6.92 Å². The predicted octanol–water partition coefficient (Wildman–Crippen LogP) is 3.60. The highest BCUT2D eigenvalue weighted by molar-refractivity contribution is 5.66. The van der Waals surface area contributed by atoms with Gasteiger partial charge in [-0.25, -0.2) is 0 Å². The van der Waals surface area contributed by atoms with Gasteiger partial charge in [0.2, 0.25) is 0 Å². The lowest BCUT2D eigenvalue weighted by Crippen LogP contribution is -1.93. The van der Waals surface area contributed by atoms with Crippen molar-refractivity contribution in [2.45, 2.75) is 71.1 Å². The van der Waals surface area contributed by atoms with Crippen molar-refractivity contribution >= 4 is 5.97 Å². The Kier molecular flexibility index (Phi) is 18.8. The fraction of sp³-hybridized carbons (Fsp3) is 0.923. The molecular formula is C13H28O3. The summed E-state index contributed by atoms with van der Waals surface area (Å²) in [6.07, 6.45) is 11.5. The van der Waals surface area contributed by atoms with E-state index in [9.17, 15) is 4.79 Å². The zero-order valence-electron chi connectivity index (χ0n) is 10.9. The van der Waals surface area contributed by atoms with Gasteiger partial charge in [-0.1, -0.05) is 58.3 Å². The molecule has 0 aromatic carbocycles. The first-order chi connectivity index (χ1) is 7.77. The molecule has 0 atom stereocenters. The molecular weight excluding hydrogens is 204 g/mol. The van der Waals surface area contributed by atoms with Gasteiger partial charge in [0.05, 0.1) is 0 Å². The Hall–Kier alpha value is -0.570. The Balaban J connectivity index is 0. The molecule has 0 aliphatic heterocycles. The highest BCUT2D eigenvalue weighted by atomic mass is 16.4. The Labute approximate surface area is 99.9 Å². The number of carboxylic acids is 1. The number of aliphatic hydroxyl groups is 1. The van der Waals surface area contributed by atoms with Gasteiger partial charge in [0, 0.05) is 13.5 Å². The molecule has 0 radical (unpaired) electrons. The van der Waals surface area contributed by atoms with Crippen LogP contribution in [-0.2, 0) is 4.79 Å². The van der Waals surface area contributed by atoms with Crippen LogP contribution < -0.4 is 0 Å². The number of rotatable bonds is 10. The van der Waals surface area contributed by atoms with Gasteiger partial charge >= 0.3 is 5.97 Å². The maximum absolute atomic E-state index is 10.2. The van der Waals surface area contributed by atoms with Crippen molar-refractivity contribution in [2.24, 2.45) is 0 Å². The van der Waals surface area contributed by atoms with Crippen molar-refractivity contribution in [1.29, 1.82) is 0 Å². The number of carbonyl (C=O) groups is 1.